The van der Waals surface area contributed by atoms with Crippen molar-refractivity contribution in [3.05, 3.63) is 23.8 Å². The van der Waals surface area contributed by atoms with E-state index in [1.807, 2.05) is 18.2 Å². The van der Waals surface area contributed by atoms with Crippen LogP contribution >= 0.6 is 0 Å². The van der Waals surface area contributed by atoms with Crippen molar-refractivity contribution in [3.63, 3.8) is 0 Å². The van der Waals surface area contributed by atoms with Gasteiger partial charge in [-0.25, -0.2) is 0 Å². The number of hydrogen-bond acceptors (Lipinski definition) is 3. The van der Waals surface area contributed by atoms with Crippen LogP contribution in [0.15, 0.2) is 18.2 Å². The summed E-state index contributed by atoms with van der Waals surface area (Å²) in [6.07, 6.45) is 3.23. The molecule has 0 bridgehead atoms. The second kappa shape index (κ2) is 5.87. The summed E-state index contributed by atoms with van der Waals surface area (Å²) in [6, 6.07) is 5.47. The highest BCUT2D eigenvalue weighted by Crippen LogP contribution is 2.33. The Morgan fingerprint density at radius 2 is 2.22 bits per heavy atom. The van der Waals surface area contributed by atoms with Gasteiger partial charge in [-0.15, -0.1) is 0 Å². The lowest BCUT2D eigenvalue weighted by atomic mass is 10.1. The predicted octanol–water partition coefficient (Wildman–Crippen LogP) is 2.09. The van der Waals surface area contributed by atoms with Gasteiger partial charge in [-0.3, -0.25) is 4.79 Å². The molecule has 1 N–H and O–H groups in total. The van der Waals surface area contributed by atoms with Gasteiger partial charge in [-0.1, -0.05) is 25.8 Å². The van der Waals surface area contributed by atoms with Crippen LogP contribution in [0.4, 0.5) is 5.69 Å². The summed E-state index contributed by atoms with van der Waals surface area (Å²) in [5, 5.41) is 9.16. The first-order chi connectivity index (χ1) is 8.76. The fourth-order valence-electron chi connectivity index (χ4n) is 2.11. The number of fused-ring (bicyclic) bond motifs is 1. The summed E-state index contributed by atoms with van der Waals surface area (Å²) in [5.74, 6) is 0.719. The lowest BCUT2D eigenvalue weighted by molar-refractivity contribution is -0.121. The van der Waals surface area contributed by atoms with Gasteiger partial charge in [0.05, 0.1) is 12.3 Å². The quantitative estimate of drug-likeness (QED) is 0.813. The van der Waals surface area contributed by atoms with Gasteiger partial charge in [0.25, 0.3) is 5.91 Å². The zero-order valence-corrected chi connectivity index (χ0v) is 10.7. The number of hydrogen-bond donors (Lipinski definition) is 1. The molecule has 18 heavy (non-hydrogen) atoms. The average Bonchev–Trinajstić information content (AvgIpc) is 2.41. The molecule has 1 heterocycles. The number of rotatable bonds is 5. The Bertz CT molecular complexity index is 431. The van der Waals surface area contributed by atoms with Crippen molar-refractivity contribution in [3.8, 4) is 5.75 Å². The van der Waals surface area contributed by atoms with Crippen molar-refractivity contribution in [1.29, 1.82) is 0 Å². The van der Waals surface area contributed by atoms with E-state index in [1.165, 1.54) is 0 Å². The van der Waals surface area contributed by atoms with Crippen LogP contribution in [0.2, 0.25) is 0 Å². The van der Waals surface area contributed by atoms with Crippen molar-refractivity contribution in [2.75, 3.05) is 18.1 Å². The van der Waals surface area contributed by atoms with E-state index in [4.69, 9.17) is 9.84 Å². The highest BCUT2D eigenvalue weighted by atomic mass is 16.5. The first-order valence-corrected chi connectivity index (χ1v) is 6.43. The largest absolute Gasteiger partial charge is 0.482 e. The maximum atomic E-state index is 11.9. The van der Waals surface area contributed by atoms with Gasteiger partial charge in [-0.05, 0) is 24.1 Å². The van der Waals surface area contributed by atoms with E-state index in [0.717, 1.165) is 42.8 Å². The van der Waals surface area contributed by atoms with Gasteiger partial charge in [0.1, 0.15) is 5.75 Å². The Labute approximate surface area is 107 Å². The maximum Gasteiger partial charge on any atom is 0.265 e. The highest BCUT2D eigenvalue weighted by molar-refractivity contribution is 5.97. The van der Waals surface area contributed by atoms with Gasteiger partial charge in [0.15, 0.2) is 6.61 Å². The zero-order chi connectivity index (χ0) is 13.0. The molecule has 1 amide bonds. The number of aliphatic hydroxyl groups excluding tert-OH is 1. The van der Waals surface area contributed by atoms with Gasteiger partial charge < -0.3 is 14.7 Å². The molecule has 0 saturated heterocycles. The zero-order valence-electron chi connectivity index (χ0n) is 10.7. The molecule has 4 heteroatoms. The van der Waals surface area contributed by atoms with Crippen molar-refractivity contribution in [2.24, 2.45) is 0 Å². The molecule has 0 aromatic heterocycles. The summed E-state index contributed by atoms with van der Waals surface area (Å²) < 4.78 is 5.40. The molecule has 0 atom stereocenters. The fraction of sp³-hybridized carbons (Fsp3) is 0.500. The summed E-state index contributed by atoms with van der Waals surface area (Å²) in [5.41, 5.74) is 1.58. The normalized spacial score (nSPS) is 14.3. The minimum Gasteiger partial charge on any atom is -0.482 e. The standard InChI is InChI=1S/C14H19NO3/c1-2-3-4-7-15-12-8-11(9-16)5-6-13(12)18-10-14(15)17/h5-6,8,16H,2-4,7,9-10H2,1H3. The molecule has 1 aromatic rings. The van der Waals surface area contributed by atoms with Crippen LogP contribution < -0.4 is 9.64 Å². The fourth-order valence-corrected chi connectivity index (χ4v) is 2.11. The molecule has 1 aliphatic rings. The van der Waals surface area contributed by atoms with Gasteiger partial charge in [0, 0.05) is 6.54 Å². The molecule has 2 rings (SSSR count). The Hall–Kier alpha value is -1.55. The number of nitrogens with zero attached hydrogens (tertiary/aromatic N) is 1. The molecular formula is C14H19NO3. The van der Waals surface area contributed by atoms with E-state index in [2.05, 4.69) is 6.92 Å². The number of ether oxygens (including phenoxy) is 1. The molecule has 98 valence electrons. The number of amides is 1. The number of benzene rings is 1. The van der Waals surface area contributed by atoms with Crippen LogP contribution in [0, 0.1) is 0 Å². The van der Waals surface area contributed by atoms with E-state index in [9.17, 15) is 4.79 Å². The number of carbonyl (C=O) groups excluding carboxylic acids is 1. The first kappa shape index (κ1) is 12.9. The van der Waals surface area contributed by atoms with Crippen molar-refractivity contribution in [1.82, 2.24) is 0 Å². The van der Waals surface area contributed by atoms with Crippen LogP contribution in [0.1, 0.15) is 31.7 Å². The minimum atomic E-state index is -0.0235. The van der Waals surface area contributed by atoms with E-state index in [0.29, 0.717) is 0 Å². The third-order valence-corrected chi connectivity index (χ3v) is 3.13. The molecule has 0 radical (unpaired) electrons. The molecule has 1 aromatic carbocycles. The third-order valence-electron chi connectivity index (χ3n) is 3.13. The number of anilines is 1. The van der Waals surface area contributed by atoms with E-state index >= 15 is 0 Å². The lowest BCUT2D eigenvalue weighted by Crippen LogP contribution is -2.39. The number of aliphatic hydroxyl groups is 1. The molecule has 0 spiro atoms. The SMILES string of the molecule is CCCCCN1C(=O)COc2ccc(CO)cc21. The Morgan fingerprint density at radius 1 is 1.39 bits per heavy atom. The lowest BCUT2D eigenvalue weighted by Gasteiger charge is -2.29. The molecule has 4 nitrogen and oxygen atoms in total. The average molecular weight is 249 g/mol. The molecule has 0 unspecified atom stereocenters. The van der Waals surface area contributed by atoms with Gasteiger partial charge in [0.2, 0.25) is 0 Å². The van der Waals surface area contributed by atoms with E-state index in [-0.39, 0.29) is 19.1 Å². The summed E-state index contributed by atoms with van der Waals surface area (Å²) in [6.45, 7) is 2.94. The van der Waals surface area contributed by atoms with Crippen LogP contribution in [0.5, 0.6) is 5.75 Å². The number of carbonyl (C=O) groups is 1. The summed E-state index contributed by atoms with van der Waals surface area (Å²) in [4.78, 5) is 13.7. The molecule has 0 aliphatic carbocycles. The molecule has 0 saturated carbocycles. The van der Waals surface area contributed by atoms with Gasteiger partial charge in [-0.2, -0.15) is 0 Å². The molecular weight excluding hydrogens is 230 g/mol. The van der Waals surface area contributed by atoms with Gasteiger partial charge >= 0.3 is 0 Å². The van der Waals surface area contributed by atoms with Crippen LogP contribution in [-0.4, -0.2) is 24.2 Å². The highest BCUT2D eigenvalue weighted by Gasteiger charge is 2.25. The Morgan fingerprint density at radius 3 is 2.94 bits per heavy atom. The van der Waals surface area contributed by atoms with Crippen molar-refractivity contribution in [2.45, 2.75) is 32.8 Å². The second-order valence-electron chi connectivity index (χ2n) is 4.50. The van der Waals surface area contributed by atoms with E-state index < -0.39 is 0 Å². The van der Waals surface area contributed by atoms with Crippen LogP contribution in [0.3, 0.4) is 0 Å². The number of unbranched alkanes of at least 4 members (excludes halogenated alkanes) is 2. The predicted molar refractivity (Wildman–Crippen MR) is 69.7 cm³/mol. The maximum absolute atomic E-state index is 11.9. The summed E-state index contributed by atoms with van der Waals surface area (Å²) in [7, 11) is 0. The first-order valence-electron chi connectivity index (χ1n) is 6.43. The van der Waals surface area contributed by atoms with E-state index in [1.54, 1.807) is 4.90 Å². The topological polar surface area (TPSA) is 49.8 Å². The monoisotopic (exact) mass is 249 g/mol. The Kier molecular flexibility index (Phi) is 4.20. The van der Waals surface area contributed by atoms with Crippen LogP contribution in [-0.2, 0) is 11.4 Å². The van der Waals surface area contributed by atoms with Crippen LogP contribution in [0.25, 0.3) is 0 Å². The second-order valence-corrected chi connectivity index (χ2v) is 4.50. The third kappa shape index (κ3) is 2.64. The smallest absolute Gasteiger partial charge is 0.265 e. The van der Waals surface area contributed by atoms with Crippen molar-refractivity contribution >= 4 is 11.6 Å². The van der Waals surface area contributed by atoms with Crippen molar-refractivity contribution < 1.29 is 14.6 Å². The molecule has 0 fully saturated rings. The minimum absolute atomic E-state index is 0.00584. The molecule has 1 aliphatic heterocycles. The Balaban J connectivity index is 2.21. The summed E-state index contributed by atoms with van der Waals surface area (Å²) >= 11 is 0.